The topological polar surface area (TPSA) is 116 Å². The number of piperidine rings is 1. The van der Waals surface area contributed by atoms with Gasteiger partial charge in [0.25, 0.3) is 5.88 Å². The van der Waals surface area contributed by atoms with Gasteiger partial charge in [-0.05, 0) is 44.0 Å². The van der Waals surface area contributed by atoms with E-state index in [-0.39, 0.29) is 29.6 Å². The molecule has 0 spiro atoms. The van der Waals surface area contributed by atoms with Crippen LogP contribution in [0.15, 0.2) is 35.5 Å². The van der Waals surface area contributed by atoms with Crippen LogP contribution in [-0.2, 0) is 0 Å². The molecule has 3 aromatic rings. The third-order valence-corrected chi connectivity index (χ3v) is 5.21. The van der Waals surface area contributed by atoms with Crippen molar-refractivity contribution in [2.45, 2.75) is 38.7 Å². The molecule has 0 unspecified atom stereocenters. The Kier molecular flexibility index (Phi) is 5.54. The molecule has 9 heteroatoms. The normalized spacial score (nSPS) is 15.8. The van der Waals surface area contributed by atoms with Gasteiger partial charge in [-0.1, -0.05) is 26.0 Å². The Hall–Kier alpha value is -3.20. The van der Waals surface area contributed by atoms with Crippen LogP contribution in [0, 0.1) is 5.82 Å². The van der Waals surface area contributed by atoms with Crippen molar-refractivity contribution in [1.82, 2.24) is 19.9 Å². The number of nitrogens with zero attached hydrogens (tertiary/aromatic N) is 4. The highest BCUT2D eigenvalue weighted by Gasteiger charge is 2.24. The SMILES string of the molecule is CC(C)c1cnn2c(/N=C(\N)c3ccccc3N)c(F)c(OC3CCNCC3)nc12. The van der Waals surface area contributed by atoms with E-state index in [1.165, 1.54) is 4.52 Å². The van der Waals surface area contributed by atoms with Crippen LogP contribution in [0.5, 0.6) is 5.88 Å². The van der Waals surface area contributed by atoms with Crippen LogP contribution >= 0.6 is 0 Å². The first-order valence-electron chi connectivity index (χ1n) is 10.1. The van der Waals surface area contributed by atoms with E-state index in [0.717, 1.165) is 31.5 Å². The number of nitrogens with two attached hydrogens (primary N) is 2. The van der Waals surface area contributed by atoms with Crippen molar-refractivity contribution in [1.29, 1.82) is 0 Å². The summed E-state index contributed by atoms with van der Waals surface area (Å²) in [7, 11) is 0. The van der Waals surface area contributed by atoms with Gasteiger partial charge >= 0.3 is 0 Å². The molecule has 1 aliphatic rings. The quantitative estimate of drug-likeness (QED) is 0.338. The monoisotopic (exact) mass is 411 g/mol. The number of anilines is 1. The average Bonchev–Trinajstić information content (AvgIpc) is 3.16. The molecular formula is C21H26FN7O. The van der Waals surface area contributed by atoms with Gasteiger partial charge in [-0.15, -0.1) is 0 Å². The van der Waals surface area contributed by atoms with Crippen molar-refractivity contribution >= 4 is 23.0 Å². The fourth-order valence-corrected chi connectivity index (χ4v) is 3.51. The zero-order chi connectivity index (χ0) is 21.3. The van der Waals surface area contributed by atoms with Crippen molar-refractivity contribution in [2.75, 3.05) is 18.8 Å². The van der Waals surface area contributed by atoms with Gasteiger partial charge in [-0.3, -0.25) is 0 Å². The number of para-hydroxylation sites is 1. The number of nitrogens with one attached hydrogen (secondary N) is 1. The summed E-state index contributed by atoms with van der Waals surface area (Å²) in [4.78, 5) is 8.81. The van der Waals surface area contributed by atoms with E-state index < -0.39 is 5.82 Å². The number of aliphatic imine (C=N–C) groups is 1. The van der Waals surface area contributed by atoms with Gasteiger partial charge in [0.2, 0.25) is 5.82 Å². The maximum Gasteiger partial charge on any atom is 0.256 e. The molecule has 5 N–H and O–H groups in total. The Labute approximate surface area is 174 Å². The summed E-state index contributed by atoms with van der Waals surface area (Å²) in [6.45, 7) is 5.70. The number of amidine groups is 1. The van der Waals surface area contributed by atoms with Crippen molar-refractivity contribution in [3.63, 3.8) is 0 Å². The summed E-state index contributed by atoms with van der Waals surface area (Å²) in [5, 5.41) is 7.58. The minimum absolute atomic E-state index is 0.0587. The summed E-state index contributed by atoms with van der Waals surface area (Å²) < 4.78 is 22.8. The van der Waals surface area contributed by atoms with Gasteiger partial charge in [-0.2, -0.15) is 19.0 Å². The van der Waals surface area contributed by atoms with Gasteiger partial charge < -0.3 is 21.5 Å². The maximum atomic E-state index is 15.5. The van der Waals surface area contributed by atoms with E-state index in [4.69, 9.17) is 16.2 Å². The molecule has 8 nitrogen and oxygen atoms in total. The zero-order valence-corrected chi connectivity index (χ0v) is 17.1. The Bertz CT molecular complexity index is 1090. The molecule has 30 heavy (non-hydrogen) atoms. The molecule has 0 aliphatic carbocycles. The number of halogens is 1. The number of aromatic nitrogens is 3. The second kappa shape index (κ2) is 8.27. The number of hydrogen-bond acceptors (Lipinski definition) is 6. The fraction of sp³-hybridized carbons (Fsp3) is 0.381. The number of fused-ring (bicyclic) bond motifs is 1. The molecule has 158 valence electrons. The molecule has 0 bridgehead atoms. The Balaban J connectivity index is 1.85. The number of ether oxygens (including phenoxy) is 1. The van der Waals surface area contributed by atoms with E-state index in [2.05, 4.69) is 20.4 Å². The highest BCUT2D eigenvalue weighted by molar-refractivity contribution is 6.03. The Morgan fingerprint density at radius 3 is 2.73 bits per heavy atom. The highest BCUT2D eigenvalue weighted by atomic mass is 19.1. The molecule has 3 heterocycles. The van der Waals surface area contributed by atoms with Crippen LogP contribution in [-0.4, -0.2) is 39.6 Å². The molecule has 1 saturated heterocycles. The fourth-order valence-electron chi connectivity index (χ4n) is 3.51. The zero-order valence-electron chi connectivity index (χ0n) is 17.1. The summed E-state index contributed by atoms with van der Waals surface area (Å²) >= 11 is 0. The minimum atomic E-state index is -0.697. The van der Waals surface area contributed by atoms with Crippen LogP contribution in [0.2, 0.25) is 0 Å². The lowest BCUT2D eigenvalue weighted by Crippen LogP contribution is -2.34. The lowest BCUT2D eigenvalue weighted by molar-refractivity contribution is 0.149. The van der Waals surface area contributed by atoms with Gasteiger partial charge in [0, 0.05) is 16.8 Å². The molecule has 4 rings (SSSR count). The molecule has 1 aromatic carbocycles. The molecule has 2 aromatic heterocycles. The minimum Gasteiger partial charge on any atom is -0.472 e. The predicted molar refractivity (Wildman–Crippen MR) is 115 cm³/mol. The summed E-state index contributed by atoms with van der Waals surface area (Å²) in [5.41, 5.74) is 14.5. The predicted octanol–water partition coefficient (Wildman–Crippen LogP) is 2.74. The molecular weight excluding hydrogens is 385 g/mol. The van der Waals surface area contributed by atoms with E-state index in [1.807, 2.05) is 13.8 Å². The van der Waals surface area contributed by atoms with E-state index in [9.17, 15) is 0 Å². The van der Waals surface area contributed by atoms with Crippen molar-refractivity contribution in [3.8, 4) is 5.88 Å². The number of rotatable bonds is 5. The molecule has 0 radical (unpaired) electrons. The first-order chi connectivity index (χ1) is 14.5. The van der Waals surface area contributed by atoms with Crippen LogP contribution in [0.3, 0.4) is 0 Å². The largest absolute Gasteiger partial charge is 0.472 e. The first-order valence-corrected chi connectivity index (χ1v) is 10.1. The second-order valence-corrected chi connectivity index (χ2v) is 7.70. The molecule has 0 amide bonds. The number of nitrogen functional groups attached to an aromatic ring is 1. The van der Waals surface area contributed by atoms with E-state index >= 15 is 4.39 Å². The lowest BCUT2D eigenvalue weighted by Gasteiger charge is -2.23. The molecule has 0 saturated carbocycles. The van der Waals surface area contributed by atoms with Crippen LogP contribution in [0.25, 0.3) is 5.65 Å². The number of hydrogen-bond donors (Lipinski definition) is 3. The summed E-state index contributed by atoms with van der Waals surface area (Å²) in [5.74, 6) is -0.599. The van der Waals surface area contributed by atoms with Gasteiger partial charge in [0.1, 0.15) is 11.9 Å². The van der Waals surface area contributed by atoms with Crippen LogP contribution < -0.4 is 21.5 Å². The lowest BCUT2D eigenvalue weighted by atomic mass is 10.1. The van der Waals surface area contributed by atoms with Crippen molar-refractivity contribution in [3.05, 3.63) is 47.4 Å². The van der Waals surface area contributed by atoms with Crippen molar-refractivity contribution in [2.24, 2.45) is 10.7 Å². The Morgan fingerprint density at radius 1 is 1.30 bits per heavy atom. The number of benzene rings is 1. The van der Waals surface area contributed by atoms with E-state index in [0.29, 0.717) is 16.9 Å². The maximum absolute atomic E-state index is 15.5. The van der Waals surface area contributed by atoms with Gasteiger partial charge in [0.15, 0.2) is 11.5 Å². The average molecular weight is 411 g/mol. The second-order valence-electron chi connectivity index (χ2n) is 7.70. The van der Waals surface area contributed by atoms with Crippen molar-refractivity contribution < 1.29 is 9.13 Å². The molecule has 1 fully saturated rings. The molecule has 1 aliphatic heterocycles. The smallest absolute Gasteiger partial charge is 0.256 e. The van der Waals surface area contributed by atoms with Gasteiger partial charge in [-0.25, -0.2) is 4.99 Å². The van der Waals surface area contributed by atoms with E-state index in [1.54, 1.807) is 30.5 Å². The van der Waals surface area contributed by atoms with Gasteiger partial charge in [0.05, 0.1) is 6.20 Å². The highest BCUT2D eigenvalue weighted by Crippen LogP contribution is 2.31. The third kappa shape index (κ3) is 3.80. The van der Waals surface area contributed by atoms with Crippen LogP contribution in [0.1, 0.15) is 43.7 Å². The molecule has 0 atom stereocenters. The standard InChI is InChI=1S/C21H26FN7O/c1-12(2)15-11-26-29-19(15)28-21(30-13-7-9-25-10-8-13)17(22)20(29)27-18(24)14-5-3-4-6-16(14)23/h3-6,11-13,25H,7-10,23H2,1-2H3,(H2,24,27). The summed E-state index contributed by atoms with van der Waals surface area (Å²) in [6, 6.07) is 7.04. The third-order valence-electron chi connectivity index (χ3n) is 5.21. The Morgan fingerprint density at radius 2 is 2.03 bits per heavy atom. The van der Waals surface area contributed by atoms with Crippen LogP contribution in [0.4, 0.5) is 15.9 Å². The summed E-state index contributed by atoms with van der Waals surface area (Å²) in [6.07, 6.45) is 3.13. The first kappa shape index (κ1) is 20.1.